The van der Waals surface area contributed by atoms with Gasteiger partial charge in [-0.2, -0.15) is 0 Å². The number of hydrogen-bond donors (Lipinski definition) is 1. The molecule has 0 aromatic rings. The molecule has 0 aliphatic carbocycles. The van der Waals surface area contributed by atoms with Crippen molar-refractivity contribution in [2.45, 2.75) is 218 Å². The van der Waals surface area contributed by atoms with Crippen LogP contribution in [0.1, 0.15) is 121 Å². The van der Waals surface area contributed by atoms with E-state index in [0.717, 1.165) is 17.8 Å². The molecule has 42 heavy (non-hydrogen) atoms. The molecule has 1 nitrogen and oxygen atoms in total. The Morgan fingerprint density at radius 1 is 0.500 bits per heavy atom. The Hall–Kier alpha value is 1.26. The van der Waals surface area contributed by atoms with Crippen LogP contribution in [-0.2, 0) is 0 Å². The minimum atomic E-state index is -0.981. The predicted octanol–water partition coefficient (Wildman–Crippen LogP) is 13.7. The summed E-state index contributed by atoms with van der Waals surface area (Å²) in [5.41, 5.74) is 0. The van der Waals surface area contributed by atoms with Crippen molar-refractivity contribution in [1.82, 2.24) is 4.65 Å². The lowest BCUT2D eigenvalue weighted by Gasteiger charge is -2.28. The predicted molar refractivity (Wildman–Crippen MR) is 247 cm³/mol. The van der Waals surface area contributed by atoms with Crippen molar-refractivity contribution in [3.63, 3.8) is 0 Å². The van der Waals surface area contributed by atoms with Gasteiger partial charge in [-0.25, -0.2) is 0 Å². The first kappa shape index (κ1) is 90.2. The normalized spacial score (nSPS) is 10.9. The molecule has 280 valence electrons. The Kier molecular flexibility index (Phi) is 132. The highest BCUT2D eigenvalue weighted by atomic mass is 28.4. The molecular weight excluding hydrogens is 603 g/mol. The van der Waals surface area contributed by atoms with Crippen LogP contribution in [0, 0.1) is 17.8 Å². The summed E-state index contributed by atoms with van der Waals surface area (Å²) in [7, 11) is -1.02. The van der Waals surface area contributed by atoms with Gasteiger partial charge >= 0.3 is 0 Å². The molecule has 0 aliphatic heterocycles. The number of rotatable bonds is 10. The van der Waals surface area contributed by atoms with E-state index in [1.807, 2.05) is 0 Å². The number of nitrogens with one attached hydrogen (secondary N) is 1. The van der Waals surface area contributed by atoms with E-state index in [-0.39, 0.29) is 75.6 Å². The van der Waals surface area contributed by atoms with Crippen LogP contribution in [0.15, 0.2) is 0 Å². The van der Waals surface area contributed by atoms with Crippen molar-refractivity contribution in [1.29, 1.82) is 0 Å². The first-order valence-electron chi connectivity index (χ1n) is 14.6. The lowest BCUT2D eigenvalue weighted by molar-refractivity contribution is 0.623. The Balaban J connectivity index is -0.0000000187. The maximum absolute atomic E-state index is 3.74. The maximum Gasteiger partial charge on any atom is 0.109 e. The van der Waals surface area contributed by atoms with Crippen molar-refractivity contribution >= 4 is 53.8 Å². The van der Waals surface area contributed by atoms with Crippen LogP contribution in [-0.4, -0.2) is 53.8 Å². The summed E-state index contributed by atoms with van der Waals surface area (Å²) in [5, 5.41) is 0. The van der Waals surface area contributed by atoms with Gasteiger partial charge in [-0.05, 0) is 11.8 Å². The van der Waals surface area contributed by atoms with E-state index in [0.29, 0.717) is 28.6 Å². The summed E-state index contributed by atoms with van der Waals surface area (Å²) in [6, 6.07) is 4.59. The van der Waals surface area contributed by atoms with E-state index in [2.05, 4.69) is 125 Å². The summed E-state index contributed by atoms with van der Waals surface area (Å²) in [6.07, 6.45) is 2.75. The molecule has 0 aromatic carbocycles. The zero-order chi connectivity index (χ0) is 27.7. The van der Waals surface area contributed by atoms with Crippen LogP contribution in [0.25, 0.3) is 0 Å². The second-order valence-electron chi connectivity index (χ2n) is 13.1. The molecule has 2 unspecified atom stereocenters. The Labute approximate surface area is 292 Å². The topological polar surface area (TPSA) is 12.0 Å². The minimum absolute atomic E-state index is 0. The summed E-state index contributed by atoms with van der Waals surface area (Å²) in [4.78, 5) is 0. The van der Waals surface area contributed by atoms with Crippen LogP contribution in [0.2, 0.25) is 96.7 Å². The van der Waals surface area contributed by atoms with Crippen molar-refractivity contribution in [2.75, 3.05) is 0 Å². The standard InChI is InChI=1S/C6H19NSi2.2C6H16Si.C5H14Si.C3H10Si.9CH4/c1-8(2,3)7-9(4,5)6;2*1-4-6(2)5-7-3;1-5(2)4-6-3;1-4(2)3;;;;;;;;;/h7H,1-6H3;2*6H,4-5,7H2,1-3H3;5H,4,6H2,1-3H3;4H,1-3H3;9*1H4. The largest absolute Gasteiger partial charge is 0.360 e. The molecule has 0 aliphatic rings. The van der Waals surface area contributed by atoms with Gasteiger partial charge in [-0.15, -0.1) is 0 Å². The molecule has 0 rings (SSSR count). The lowest BCUT2D eigenvalue weighted by atomic mass is 10.2. The fourth-order valence-corrected chi connectivity index (χ4v) is 16.0. The quantitative estimate of drug-likeness (QED) is 0.222. The molecule has 0 spiro atoms. The molecule has 0 saturated heterocycles. The van der Waals surface area contributed by atoms with Gasteiger partial charge in [-0.1, -0.05) is 224 Å². The summed E-state index contributed by atoms with van der Waals surface area (Å²) in [5.74, 6) is 2.98. The second-order valence-corrected chi connectivity index (χ2v) is 31.3. The second kappa shape index (κ2) is 61.3. The van der Waals surface area contributed by atoms with Gasteiger partial charge in [-0.3, -0.25) is 0 Å². The highest BCUT2D eigenvalue weighted by Gasteiger charge is 2.22. The summed E-state index contributed by atoms with van der Waals surface area (Å²) in [6.45, 7) is 42.0. The Bertz CT molecular complexity index is 315. The molecular formula is C35H111NSi6. The zero-order valence-electron chi connectivity index (χ0n) is 27.5. The average Bonchev–Trinajstić information content (AvgIpc) is 2.60. The van der Waals surface area contributed by atoms with Crippen LogP contribution >= 0.6 is 0 Å². The molecule has 2 atom stereocenters. The van der Waals surface area contributed by atoms with E-state index in [9.17, 15) is 0 Å². The molecule has 0 saturated carbocycles. The molecule has 0 aromatic heterocycles. The van der Waals surface area contributed by atoms with Gasteiger partial charge in [0.05, 0.1) is 0 Å². The number of hydrogen-bond acceptors (Lipinski definition) is 1. The smallest absolute Gasteiger partial charge is 0.109 e. The van der Waals surface area contributed by atoms with Crippen molar-refractivity contribution in [3.05, 3.63) is 0 Å². The fraction of sp³-hybridized carbons (Fsp3) is 1.00. The molecule has 0 amide bonds. The van der Waals surface area contributed by atoms with E-state index in [1.165, 1.54) is 31.0 Å². The van der Waals surface area contributed by atoms with Crippen LogP contribution in [0.4, 0.5) is 0 Å². The highest BCUT2D eigenvalue weighted by molar-refractivity contribution is 6.90. The third-order valence-electron chi connectivity index (χ3n) is 4.57. The molecule has 0 heterocycles. The molecule has 1 N–H and O–H groups in total. The van der Waals surface area contributed by atoms with Crippen molar-refractivity contribution in [2.24, 2.45) is 17.8 Å². The van der Waals surface area contributed by atoms with E-state index in [1.54, 1.807) is 0 Å². The Morgan fingerprint density at radius 2 is 0.690 bits per heavy atom. The minimum Gasteiger partial charge on any atom is -0.360 e. The molecule has 0 bridgehead atoms. The maximum atomic E-state index is 3.74. The van der Waals surface area contributed by atoms with Gasteiger partial charge in [0.25, 0.3) is 0 Å². The van der Waals surface area contributed by atoms with Gasteiger partial charge in [0.1, 0.15) is 16.5 Å². The third kappa shape index (κ3) is 163. The van der Waals surface area contributed by atoms with Crippen molar-refractivity contribution in [3.8, 4) is 0 Å². The van der Waals surface area contributed by atoms with Crippen molar-refractivity contribution < 1.29 is 0 Å². The van der Waals surface area contributed by atoms with E-state index in [4.69, 9.17) is 0 Å². The monoisotopic (exact) mass is 714 g/mol. The molecule has 7 heteroatoms. The molecule has 0 radical (unpaired) electrons. The van der Waals surface area contributed by atoms with Gasteiger partial charge in [0, 0.05) is 37.4 Å². The average molecular weight is 715 g/mol. The zero-order valence-corrected chi connectivity index (χ0v) is 34.9. The molecule has 0 fully saturated rings. The summed E-state index contributed by atoms with van der Waals surface area (Å²) < 4.78 is 3.74. The van der Waals surface area contributed by atoms with Gasteiger partial charge in [0.15, 0.2) is 0 Å². The van der Waals surface area contributed by atoms with Gasteiger partial charge in [0.2, 0.25) is 0 Å². The van der Waals surface area contributed by atoms with Crippen LogP contribution in [0.5, 0.6) is 0 Å². The van der Waals surface area contributed by atoms with Gasteiger partial charge < -0.3 is 4.65 Å². The SMILES string of the molecule is C.C.C.C.C.C.C.C.C.CCC(C)C[SiH2]C.CCC(C)C[SiH2]C.C[SiH2]CC(C)C.C[SiH](C)C.C[Si](C)(C)N[Si](C)(C)C. The van der Waals surface area contributed by atoms with Crippen LogP contribution in [0.3, 0.4) is 0 Å². The van der Waals surface area contributed by atoms with Crippen LogP contribution < -0.4 is 4.65 Å². The lowest BCUT2D eigenvalue weighted by Crippen LogP contribution is -2.55. The summed E-state index contributed by atoms with van der Waals surface area (Å²) >= 11 is 0. The fourth-order valence-electron chi connectivity index (χ4n) is 3.10. The third-order valence-corrected chi connectivity index (χ3v) is 15.4. The first-order valence-corrected chi connectivity index (χ1v) is 32.3. The van der Waals surface area contributed by atoms with E-state index < -0.39 is 16.5 Å². The Morgan fingerprint density at radius 3 is 0.714 bits per heavy atom. The first-order chi connectivity index (χ1) is 14.8. The van der Waals surface area contributed by atoms with E-state index >= 15 is 0 Å². The highest BCUT2D eigenvalue weighted by Crippen LogP contribution is 2.05.